The van der Waals surface area contributed by atoms with Gasteiger partial charge in [-0.15, -0.1) is 0 Å². The number of fused-ring (bicyclic) bond motifs is 1. The van der Waals surface area contributed by atoms with Crippen LogP contribution in [-0.4, -0.2) is 29.0 Å². The van der Waals surface area contributed by atoms with E-state index in [1.165, 1.54) is 10.9 Å². The lowest BCUT2D eigenvalue weighted by Gasteiger charge is -2.08. The maximum absolute atomic E-state index is 5.37. The fourth-order valence-corrected chi connectivity index (χ4v) is 2.50. The SMILES string of the molecule is CCn1nc(CN[C@@H]2CCOC2)c2ccccc21. The summed E-state index contributed by atoms with van der Waals surface area (Å²) in [5.41, 5.74) is 2.36. The van der Waals surface area contributed by atoms with Crippen LogP contribution in [0.25, 0.3) is 10.9 Å². The first-order valence-electron chi connectivity index (χ1n) is 6.64. The molecule has 3 rings (SSSR count). The first-order valence-corrected chi connectivity index (χ1v) is 6.64. The zero-order valence-electron chi connectivity index (χ0n) is 10.7. The van der Waals surface area contributed by atoms with Crippen LogP contribution >= 0.6 is 0 Å². The Morgan fingerprint density at radius 1 is 1.44 bits per heavy atom. The molecule has 1 atom stereocenters. The van der Waals surface area contributed by atoms with Crippen LogP contribution in [0.1, 0.15) is 19.0 Å². The molecule has 4 nitrogen and oxygen atoms in total. The van der Waals surface area contributed by atoms with E-state index >= 15 is 0 Å². The van der Waals surface area contributed by atoms with Crippen LogP contribution in [0.3, 0.4) is 0 Å². The number of rotatable bonds is 4. The van der Waals surface area contributed by atoms with E-state index in [2.05, 4.69) is 46.3 Å². The predicted octanol–water partition coefficient (Wildman–Crippen LogP) is 1.93. The number of nitrogens with one attached hydrogen (secondary N) is 1. The molecule has 0 aliphatic carbocycles. The fourth-order valence-electron chi connectivity index (χ4n) is 2.50. The second-order valence-electron chi connectivity index (χ2n) is 4.72. The van der Waals surface area contributed by atoms with Crippen LogP contribution in [-0.2, 0) is 17.8 Å². The zero-order chi connectivity index (χ0) is 12.4. The Labute approximate surface area is 107 Å². The molecule has 0 amide bonds. The van der Waals surface area contributed by atoms with E-state index in [0.717, 1.165) is 38.4 Å². The Kier molecular flexibility index (Phi) is 3.30. The lowest BCUT2D eigenvalue weighted by molar-refractivity contribution is 0.189. The Balaban J connectivity index is 1.82. The van der Waals surface area contributed by atoms with Crippen LogP contribution < -0.4 is 5.32 Å². The van der Waals surface area contributed by atoms with Crippen molar-refractivity contribution in [2.45, 2.75) is 32.5 Å². The van der Waals surface area contributed by atoms with Crippen molar-refractivity contribution < 1.29 is 4.74 Å². The number of ether oxygens (including phenoxy) is 1. The van der Waals surface area contributed by atoms with E-state index in [-0.39, 0.29) is 0 Å². The highest BCUT2D eigenvalue weighted by molar-refractivity contribution is 5.81. The third-order valence-corrected chi connectivity index (χ3v) is 3.52. The van der Waals surface area contributed by atoms with Gasteiger partial charge in [0.05, 0.1) is 17.8 Å². The monoisotopic (exact) mass is 245 g/mol. The summed E-state index contributed by atoms with van der Waals surface area (Å²) in [6.07, 6.45) is 1.10. The van der Waals surface area contributed by atoms with Crippen molar-refractivity contribution in [2.24, 2.45) is 0 Å². The van der Waals surface area contributed by atoms with Gasteiger partial charge >= 0.3 is 0 Å². The second kappa shape index (κ2) is 5.08. The first kappa shape index (κ1) is 11.7. The first-order chi connectivity index (χ1) is 8.88. The molecule has 0 spiro atoms. The van der Waals surface area contributed by atoms with Crippen LogP contribution in [0.4, 0.5) is 0 Å². The maximum atomic E-state index is 5.37. The third-order valence-electron chi connectivity index (χ3n) is 3.52. The Morgan fingerprint density at radius 2 is 2.33 bits per heavy atom. The number of nitrogens with zero attached hydrogens (tertiary/aromatic N) is 2. The van der Waals surface area contributed by atoms with E-state index in [4.69, 9.17) is 4.74 Å². The quantitative estimate of drug-likeness (QED) is 0.894. The molecule has 0 unspecified atom stereocenters. The van der Waals surface area contributed by atoms with Crippen LogP contribution in [0.5, 0.6) is 0 Å². The molecular weight excluding hydrogens is 226 g/mol. The van der Waals surface area contributed by atoms with Crippen LogP contribution in [0.2, 0.25) is 0 Å². The smallest absolute Gasteiger partial charge is 0.0841 e. The topological polar surface area (TPSA) is 39.1 Å². The van der Waals surface area contributed by atoms with E-state index in [1.807, 2.05) is 0 Å². The summed E-state index contributed by atoms with van der Waals surface area (Å²) < 4.78 is 7.44. The van der Waals surface area contributed by atoms with Crippen LogP contribution in [0, 0.1) is 0 Å². The van der Waals surface area contributed by atoms with Gasteiger partial charge < -0.3 is 10.1 Å². The summed E-state index contributed by atoms with van der Waals surface area (Å²) in [7, 11) is 0. The molecule has 1 fully saturated rings. The molecule has 0 bridgehead atoms. The molecule has 1 N–H and O–H groups in total. The highest BCUT2D eigenvalue weighted by Crippen LogP contribution is 2.18. The Hall–Kier alpha value is -1.39. The van der Waals surface area contributed by atoms with E-state index in [1.54, 1.807) is 0 Å². The average molecular weight is 245 g/mol. The van der Waals surface area contributed by atoms with Crippen molar-refractivity contribution in [3.63, 3.8) is 0 Å². The summed E-state index contributed by atoms with van der Waals surface area (Å²) in [4.78, 5) is 0. The number of hydrogen-bond donors (Lipinski definition) is 1. The van der Waals surface area contributed by atoms with Gasteiger partial charge in [-0.05, 0) is 19.4 Å². The standard InChI is InChI=1S/C14H19N3O/c1-2-17-14-6-4-3-5-12(14)13(16-17)9-15-11-7-8-18-10-11/h3-6,11,15H,2,7-10H2,1H3/t11-/m1/s1. The molecule has 1 aromatic carbocycles. The van der Waals surface area contributed by atoms with Gasteiger partial charge in [0.15, 0.2) is 0 Å². The molecule has 4 heteroatoms. The van der Waals surface area contributed by atoms with Gasteiger partial charge in [0.2, 0.25) is 0 Å². The number of aryl methyl sites for hydroxylation is 1. The molecule has 96 valence electrons. The normalized spacial score (nSPS) is 19.7. The van der Waals surface area contributed by atoms with E-state index < -0.39 is 0 Å². The van der Waals surface area contributed by atoms with Crippen molar-refractivity contribution >= 4 is 10.9 Å². The van der Waals surface area contributed by atoms with Crippen molar-refractivity contribution in [2.75, 3.05) is 13.2 Å². The Morgan fingerprint density at radius 3 is 3.11 bits per heavy atom. The molecular formula is C14H19N3O. The molecule has 1 saturated heterocycles. The largest absolute Gasteiger partial charge is 0.380 e. The van der Waals surface area contributed by atoms with Gasteiger partial charge in [-0.25, -0.2) is 0 Å². The second-order valence-corrected chi connectivity index (χ2v) is 4.72. The minimum atomic E-state index is 0.482. The highest BCUT2D eigenvalue weighted by atomic mass is 16.5. The molecule has 1 aliphatic heterocycles. The number of benzene rings is 1. The predicted molar refractivity (Wildman–Crippen MR) is 71.5 cm³/mol. The summed E-state index contributed by atoms with van der Waals surface area (Å²) in [6.45, 7) is 5.56. The lowest BCUT2D eigenvalue weighted by atomic mass is 10.2. The molecule has 1 aromatic heterocycles. The summed E-state index contributed by atoms with van der Waals surface area (Å²) >= 11 is 0. The number of para-hydroxylation sites is 1. The van der Waals surface area contributed by atoms with Gasteiger partial charge in [0, 0.05) is 31.1 Å². The van der Waals surface area contributed by atoms with Crippen LogP contribution in [0.15, 0.2) is 24.3 Å². The minimum absolute atomic E-state index is 0.482. The van der Waals surface area contributed by atoms with E-state index in [0.29, 0.717) is 6.04 Å². The van der Waals surface area contributed by atoms with Gasteiger partial charge in [-0.2, -0.15) is 5.10 Å². The summed E-state index contributed by atoms with van der Waals surface area (Å²) in [6, 6.07) is 8.91. The van der Waals surface area contributed by atoms with Crippen molar-refractivity contribution in [1.29, 1.82) is 0 Å². The highest BCUT2D eigenvalue weighted by Gasteiger charge is 2.16. The maximum Gasteiger partial charge on any atom is 0.0841 e. The van der Waals surface area contributed by atoms with Crippen molar-refractivity contribution in [1.82, 2.24) is 15.1 Å². The number of aromatic nitrogens is 2. The molecule has 18 heavy (non-hydrogen) atoms. The number of hydrogen-bond acceptors (Lipinski definition) is 3. The zero-order valence-corrected chi connectivity index (χ0v) is 10.7. The summed E-state index contributed by atoms with van der Waals surface area (Å²) in [5, 5.41) is 9.46. The lowest BCUT2D eigenvalue weighted by Crippen LogP contribution is -2.28. The van der Waals surface area contributed by atoms with Crippen molar-refractivity contribution in [3.05, 3.63) is 30.0 Å². The third kappa shape index (κ3) is 2.13. The molecule has 2 heterocycles. The van der Waals surface area contributed by atoms with Gasteiger partial charge in [0.1, 0.15) is 0 Å². The van der Waals surface area contributed by atoms with Gasteiger partial charge in [0.25, 0.3) is 0 Å². The minimum Gasteiger partial charge on any atom is -0.380 e. The Bertz CT molecular complexity index is 529. The molecule has 1 aliphatic rings. The average Bonchev–Trinajstić information content (AvgIpc) is 3.04. The van der Waals surface area contributed by atoms with E-state index in [9.17, 15) is 0 Å². The van der Waals surface area contributed by atoms with Gasteiger partial charge in [-0.3, -0.25) is 4.68 Å². The van der Waals surface area contributed by atoms with Crippen molar-refractivity contribution in [3.8, 4) is 0 Å². The van der Waals surface area contributed by atoms with Gasteiger partial charge in [-0.1, -0.05) is 18.2 Å². The fraction of sp³-hybridized carbons (Fsp3) is 0.500. The molecule has 2 aromatic rings. The summed E-state index contributed by atoms with van der Waals surface area (Å²) in [5.74, 6) is 0. The molecule has 0 radical (unpaired) electrons. The molecule has 0 saturated carbocycles.